The maximum atomic E-state index is 13.1. The second-order valence-corrected chi connectivity index (χ2v) is 7.41. The van der Waals surface area contributed by atoms with Crippen molar-refractivity contribution >= 4 is 17.2 Å². The summed E-state index contributed by atoms with van der Waals surface area (Å²) in [5.74, 6) is 0.872. The standard InChI is InChI=1S/C20H26N2O2S/c1-2-12-22(17-8-10-21-11-9-17)20(23)16-5-3-6-18(14-16)24-15-19-7-4-13-25-19/h3-7,13-14,17,21H,2,8-12,15H2,1H3. The molecule has 25 heavy (non-hydrogen) atoms. The highest BCUT2D eigenvalue weighted by Crippen LogP contribution is 2.21. The smallest absolute Gasteiger partial charge is 0.254 e. The molecule has 2 heterocycles. The minimum atomic E-state index is 0.121. The van der Waals surface area contributed by atoms with Gasteiger partial charge in [-0.1, -0.05) is 19.1 Å². The third kappa shape index (κ3) is 4.83. The van der Waals surface area contributed by atoms with Gasteiger partial charge in [0.1, 0.15) is 12.4 Å². The van der Waals surface area contributed by atoms with Crippen molar-refractivity contribution < 1.29 is 9.53 Å². The van der Waals surface area contributed by atoms with Crippen LogP contribution in [0.5, 0.6) is 5.75 Å². The predicted molar refractivity (Wildman–Crippen MR) is 102 cm³/mol. The van der Waals surface area contributed by atoms with Gasteiger partial charge in [-0.15, -0.1) is 11.3 Å². The highest BCUT2D eigenvalue weighted by molar-refractivity contribution is 7.09. The normalized spacial score (nSPS) is 15.1. The zero-order valence-corrected chi connectivity index (χ0v) is 15.6. The molecule has 1 fully saturated rings. The number of hydrogen-bond acceptors (Lipinski definition) is 4. The van der Waals surface area contributed by atoms with Gasteiger partial charge in [0.15, 0.2) is 0 Å². The molecule has 0 spiro atoms. The summed E-state index contributed by atoms with van der Waals surface area (Å²) in [6.07, 6.45) is 3.03. The number of carbonyl (C=O) groups is 1. The number of thiophene rings is 1. The summed E-state index contributed by atoms with van der Waals surface area (Å²) >= 11 is 1.68. The molecule has 0 atom stereocenters. The summed E-state index contributed by atoms with van der Waals surface area (Å²) in [7, 11) is 0. The first kappa shape index (κ1) is 18.0. The number of nitrogens with one attached hydrogen (secondary N) is 1. The van der Waals surface area contributed by atoms with Gasteiger partial charge < -0.3 is 15.0 Å². The lowest BCUT2D eigenvalue weighted by Gasteiger charge is -2.34. The van der Waals surface area contributed by atoms with E-state index in [1.54, 1.807) is 11.3 Å². The van der Waals surface area contributed by atoms with Gasteiger partial charge in [-0.2, -0.15) is 0 Å². The van der Waals surface area contributed by atoms with Crippen molar-refractivity contribution in [2.45, 2.75) is 38.8 Å². The summed E-state index contributed by atoms with van der Waals surface area (Å²) in [5.41, 5.74) is 0.718. The Morgan fingerprint density at radius 3 is 2.84 bits per heavy atom. The number of amides is 1. The molecule has 1 saturated heterocycles. The molecular weight excluding hydrogens is 332 g/mol. The zero-order valence-electron chi connectivity index (χ0n) is 14.7. The van der Waals surface area contributed by atoms with E-state index in [2.05, 4.69) is 23.2 Å². The van der Waals surface area contributed by atoms with Gasteiger partial charge in [0, 0.05) is 23.0 Å². The van der Waals surface area contributed by atoms with E-state index in [9.17, 15) is 4.79 Å². The highest BCUT2D eigenvalue weighted by atomic mass is 32.1. The molecule has 1 N–H and O–H groups in total. The monoisotopic (exact) mass is 358 g/mol. The van der Waals surface area contributed by atoms with E-state index >= 15 is 0 Å². The highest BCUT2D eigenvalue weighted by Gasteiger charge is 2.25. The largest absolute Gasteiger partial charge is 0.488 e. The zero-order chi connectivity index (χ0) is 17.5. The molecule has 0 unspecified atom stereocenters. The van der Waals surface area contributed by atoms with Crippen molar-refractivity contribution in [2.24, 2.45) is 0 Å². The average molecular weight is 359 g/mol. The third-order valence-corrected chi connectivity index (χ3v) is 5.37. The molecule has 0 bridgehead atoms. The molecule has 0 radical (unpaired) electrons. The Labute approximate surface area is 153 Å². The van der Waals surface area contributed by atoms with Crippen LogP contribution in [0.2, 0.25) is 0 Å². The van der Waals surface area contributed by atoms with E-state index in [1.165, 1.54) is 4.88 Å². The quantitative estimate of drug-likeness (QED) is 0.815. The molecule has 1 aliphatic rings. The SMILES string of the molecule is CCCN(C(=O)c1cccc(OCc2cccs2)c1)C1CCNCC1. The molecule has 1 aliphatic heterocycles. The van der Waals surface area contributed by atoms with Crippen LogP contribution in [0.3, 0.4) is 0 Å². The second-order valence-electron chi connectivity index (χ2n) is 6.38. The number of ether oxygens (including phenoxy) is 1. The summed E-state index contributed by atoms with van der Waals surface area (Å²) in [5, 5.41) is 5.41. The number of carbonyl (C=O) groups excluding carboxylic acids is 1. The van der Waals surface area contributed by atoms with Crippen molar-refractivity contribution in [1.29, 1.82) is 0 Å². The fraction of sp³-hybridized carbons (Fsp3) is 0.450. The Hall–Kier alpha value is -1.85. The fourth-order valence-corrected chi connectivity index (χ4v) is 3.86. The van der Waals surface area contributed by atoms with Crippen LogP contribution in [0.15, 0.2) is 41.8 Å². The molecule has 1 aromatic carbocycles. The fourth-order valence-electron chi connectivity index (χ4n) is 3.24. The molecule has 1 amide bonds. The van der Waals surface area contributed by atoms with Crippen molar-refractivity contribution in [3.05, 3.63) is 52.2 Å². The lowest BCUT2D eigenvalue weighted by atomic mass is 10.0. The van der Waals surface area contributed by atoms with Crippen molar-refractivity contribution in [1.82, 2.24) is 10.2 Å². The minimum absolute atomic E-state index is 0.121. The van der Waals surface area contributed by atoms with Crippen molar-refractivity contribution in [2.75, 3.05) is 19.6 Å². The Bertz CT molecular complexity index is 666. The van der Waals surface area contributed by atoms with Gasteiger partial charge in [0.2, 0.25) is 0 Å². The molecule has 0 aliphatic carbocycles. The minimum Gasteiger partial charge on any atom is -0.488 e. The van der Waals surface area contributed by atoms with E-state index < -0.39 is 0 Å². The van der Waals surface area contributed by atoms with Crippen molar-refractivity contribution in [3.63, 3.8) is 0 Å². The van der Waals surface area contributed by atoms with Gasteiger partial charge >= 0.3 is 0 Å². The van der Waals surface area contributed by atoms with Gasteiger partial charge in [-0.25, -0.2) is 0 Å². The summed E-state index contributed by atoms with van der Waals surface area (Å²) in [6.45, 7) is 5.46. The summed E-state index contributed by atoms with van der Waals surface area (Å²) in [6, 6.07) is 12.0. The Morgan fingerprint density at radius 1 is 1.28 bits per heavy atom. The summed E-state index contributed by atoms with van der Waals surface area (Å²) in [4.78, 5) is 16.3. The van der Waals surface area contributed by atoms with Crippen LogP contribution in [0.25, 0.3) is 0 Å². The van der Waals surface area contributed by atoms with Crippen LogP contribution in [0.4, 0.5) is 0 Å². The molecule has 0 saturated carbocycles. The van der Waals surface area contributed by atoms with E-state index in [1.807, 2.05) is 35.7 Å². The Morgan fingerprint density at radius 2 is 2.12 bits per heavy atom. The van der Waals surface area contributed by atoms with Crippen LogP contribution in [-0.4, -0.2) is 36.5 Å². The van der Waals surface area contributed by atoms with E-state index in [4.69, 9.17) is 4.74 Å². The van der Waals surface area contributed by atoms with Crippen LogP contribution in [0.1, 0.15) is 41.4 Å². The third-order valence-electron chi connectivity index (χ3n) is 4.52. The first-order chi connectivity index (χ1) is 12.3. The van der Waals surface area contributed by atoms with Crippen LogP contribution in [0, 0.1) is 0 Å². The van der Waals surface area contributed by atoms with E-state index in [-0.39, 0.29) is 5.91 Å². The maximum Gasteiger partial charge on any atom is 0.254 e. The lowest BCUT2D eigenvalue weighted by molar-refractivity contribution is 0.0642. The first-order valence-corrected chi connectivity index (χ1v) is 9.93. The molecular formula is C20H26N2O2S. The number of rotatable bonds is 7. The van der Waals surface area contributed by atoms with Crippen LogP contribution >= 0.6 is 11.3 Å². The molecule has 1 aromatic heterocycles. The molecule has 4 nitrogen and oxygen atoms in total. The molecule has 3 rings (SSSR count). The number of benzene rings is 1. The first-order valence-electron chi connectivity index (χ1n) is 9.05. The predicted octanol–water partition coefficient (Wildman–Crippen LogP) is 3.93. The van der Waals surface area contributed by atoms with Crippen LogP contribution < -0.4 is 10.1 Å². The van der Waals surface area contributed by atoms with Crippen molar-refractivity contribution in [3.8, 4) is 5.75 Å². The molecule has 134 valence electrons. The molecule has 5 heteroatoms. The molecule has 2 aromatic rings. The van der Waals surface area contributed by atoms with E-state index in [0.717, 1.165) is 50.2 Å². The number of nitrogens with zero attached hydrogens (tertiary/aromatic N) is 1. The topological polar surface area (TPSA) is 41.6 Å². The second kappa shape index (κ2) is 9.02. The van der Waals surface area contributed by atoms with E-state index in [0.29, 0.717) is 12.6 Å². The number of hydrogen-bond donors (Lipinski definition) is 1. The van der Waals surface area contributed by atoms with Gasteiger partial charge in [-0.3, -0.25) is 4.79 Å². The van der Waals surface area contributed by atoms with Gasteiger partial charge in [-0.05, 0) is 62.0 Å². The average Bonchev–Trinajstić information content (AvgIpc) is 3.18. The lowest BCUT2D eigenvalue weighted by Crippen LogP contribution is -2.46. The summed E-state index contributed by atoms with van der Waals surface area (Å²) < 4.78 is 5.86. The van der Waals surface area contributed by atoms with Gasteiger partial charge in [0.05, 0.1) is 0 Å². The van der Waals surface area contributed by atoms with Gasteiger partial charge in [0.25, 0.3) is 5.91 Å². The Balaban J connectivity index is 1.69. The number of piperidine rings is 1. The van der Waals surface area contributed by atoms with Crippen LogP contribution in [-0.2, 0) is 6.61 Å². The maximum absolute atomic E-state index is 13.1. The Kier molecular flexibility index (Phi) is 6.48.